The molecule has 0 saturated carbocycles. The molecule has 0 spiro atoms. The van der Waals surface area contributed by atoms with E-state index in [2.05, 4.69) is 5.32 Å². The Morgan fingerprint density at radius 3 is 2.60 bits per heavy atom. The van der Waals surface area contributed by atoms with Crippen molar-refractivity contribution in [3.8, 4) is 0 Å². The minimum Gasteiger partial charge on any atom is -0.354 e. The molecule has 1 saturated heterocycles. The Morgan fingerprint density at radius 1 is 1.36 bits per heavy atom. The maximum Gasteiger partial charge on any atom is 0.293 e. The van der Waals surface area contributed by atoms with Crippen molar-refractivity contribution in [3.05, 3.63) is 33.9 Å². The van der Waals surface area contributed by atoms with Gasteiger partial charge >= 0.3 is 0 Å². The van der Waals surface area contributed by atoms with Gasteiger partial charge in [-0.2, -0.15) is 0 Å². The number of likely N-dealkylation sites (N-methyl/N-ethyl adjacent to an activating group) is 1. The summed E-state index contributed by atoms with van der Waals surface area (Å²) in [6.45, 7) is 4.22. The van der Waals surface area contributed by atoms with Gasteiger partial charge in [0.1, 0.15) is 11.7 Å². The lowest BCUT2D eigenvalue weighted by Gasteiger charge is -2.27. The van der Waals surface area contributed by atoms with Gasteiger partial charge in [0.15, 0.2) is 0 Å². The highest BCUT2D eigenvalue weighted by atomic mass is 16.6. The molecule has 1 atom stereocenters. The molecule has 0 bridgehead atoms. The Kier molecular flexibility index (Phi) is 5.61. The lowest BCUT2D eigenvalue weighted by atomic mass is 10.1. The van der Waals surface area contributed by atoms with Crippen molar-refractivity contribution >= 4 is 23.2 Å². The highest BCUT2D eigenvalue weighted by Gasteiger charge is 2.35. The van der Waals surface area contributed by atoms with Gasteiger partial charge in [-0.3, -0.25) is 19.7 Å². The number of nitro groups is 1. The zero-order valence-corrected chi connectivity index (χ0v) is 15.0. The summed E-state index contributed by atoms with van der Waals surface area (Å²) >= 11 is 0. The summed E-state index contributed by atoms with van der Waals surface area (Å²) in [5.74, 6) is -0.430. The van der Waals surface area contributed by atoms with Crippen molar-refractivity contribution in [2.24, 2.45) is 0 Å². The quantitative estimate of drug-likeness (QED) is 0.646. The molecule has 1 fully saturated rings. The topological polar surface area (TPSA) is 95.8 Å². The van der Waals surface area contributed by atoms with Gasteiger partial charge in [-0.1, -0.05) is 0 Å². The Morgan fingerprint density at radius 2 is 2.04 bits per heavy atom. The number of anilines is 1. The van der Waals surface area contributed by atoms with Crippen molar-refractivity contribution < 1.29 is 14.5 Å². The van der Waals surface area contributed by atoms with Crippen LogP contribution in [-0.2, 0) is 4.79 Å². The SMILES string of the molecule is CC(C)NC(=O)c1ccc(N2CCCC2C(=O)N(C)C)c([N+](=O)[O-])c1. The van der Waals surface area contributed by atoms with Gasteiger partial charge in [0, 0.05) is 38.3 Å². The maximum absolute atomic E-state index is 12.4. The molecule has 2 rings (SSSR count). The van der Waals surface area contributed by atoms with Crippen molar-refractivity contribution in [1.29, 1.82) is 0 Å². The third-order valence-corrected chi connectivity index (χ3v) is 4.14. The van der Waals surface area contributed by atoms with Crippen molar-refractivity contribution in [2.45, 2.75) is 38.8 Å². The maximum atomic E-state index is 12.4. The average molecular weight is 348 g/mol. The number of rotatable bonds is 5. The minimum absolute atomic E-state index is 0.0630. The Hall–Kier alpha value is -2.64. The van der Waals surface area contributed by atoms with Crippen LogP contribution >= 0.6 is 0 Å². The predicted octanol–water partition coefficient (Wildman–Crippen LogP) is 1.79. The molecular formula is C17H24N4O4. The third-order valence-electron chi connectivity index (χ3n) is 4.14. The van der Waals surface area contributed by atoms with Gasteiger partial charge < -0.3 is 15.1 Å². The molecule has 2 amide bonds. The second-order valence-corrected chi connectivity index (χ2v) is 6.67. The van der Waals surface area contributed by atoms with E-state index in [1.807, 2.05) is 13.8 Å². The summed E-state index contributed by atoms with van der Waals surface area (Å²) < 4.78 is 0. The van der Waals surface area contributed by atoms with Crippen LogP contribution in [0.2, 0.25) is 0 Å². The number of nitrogens with one attached hydrogen (secondary N) is 1. The molecule has 0 aromatic heterocycles. The zero-order chi connectivity index (χ0) is 18.7. The number of hydrogen-bond acceptors (Lipinski definition) is 5. The molecular weight excluding hydrogens is 324 g/mol. The molecule has 1 aromatic carbocycles. The summed E-state index contributed by atoms with van der Waals surface area (Å²) in [6, 6.07) is 3.93. The second kappa shape index (κ2) is 7.50. The number of hydrogen-bond donors (Lipinski definition) is 1. The normalized spacial score (nSPS) is 16.8. The number of benzene rings is 1. The number of carbonyl (C=O) groups is 2. The van der Waals surface area contributed by atoms with Crippen LogP contribution in [-0.4, -0.2) is 54.4 Å². The zero-order valence-electron chi connectivity index (χ0n) is 15.0. The molecule has 1 aromatic rings. The van der Waals surface area contributed by atoms with Crippen LogP contribution in [0.3, 0.4) is 0 Å². The van der Waals surface area contributed by atoms with E-state index in [1.165, 1.54) is 11.0 Å². The molecule has 8 nitrogen and oxygen atoms in total. The molecule has 8 heteroatoms. The lowest BCUT2D eigenvalue weighted by Crippen LogP contribution is -2.43. The van der Waals surface area contributed by atoms with Crippen LogP contribution in [0.1, 0.15) is 37.0 Å². The van der Waals surface area contributed by atoms with Crippen LogP contribution in [0, 0.1) is 10.1 Å². The molecule has 1 N–H and O–H groups in total. The van der Waals surface area contributed by atoms with E-state index in [9.17, 15) is 19.7 Å². The minimum atomic E-state index is -0.503. The number of nitro benzene ring substituents is 1. The highest BCUT2D eigenvalue weighted by Crippen LogP contribution is 2.34. The fraction of sp³-hybridized carbons (Fsp3) is 0.529. The summed E-state index contributed by atoms with van der Waals surface area (Å²) in [4.78, 5) is 38.8. The number of amides is 2. The molecule has 25 heavy (non-hydrogen) atoms. The summed E-state index contributed by atoms with van der Waals surface area (Å²) in [7, 11) is 3.35. The van der Waals surface area contributed by atoms with Gasteiger partial charge in [0.05, 0.1) is 4.92 Å². The largest absolute Gasteiger partial charge is 0.354 e. The lowest BCUT2D eigenvalue weighted by molar-refractivity contribution is -0.384. The van der Waals surface area contributed by atoms with Crippen molar-refractivity contribution in [2.75, 3.05) is 25.5 Å². The van der Waals surface area contributed by atoms with Crippen molar-refractivity contribution in [1.82, 2.24) is 10.2 Å². The van der Waals surface area contributed by atoms with Gasteiger partial charge in [-0.05, 0) is 38.8 Å². The van der Waals surface area contributed by atoms with Gasteiger partial charge in [-0.25, -0.2) is 0 Å². The molecule has 136 valence electrons. The first-order chi connectivity index (χ1) is 11.7. The fourth-order valence-electron chi connectivity index (χ4n) is 3.01. The predicted molar refractivity (Wildman–Crippen MR) is 94.8 cm³/mol. The monoisotopic (exact) mass is 348 g/mol. The van der Waals surface area contributed by atoms with Crippen molar-refractivity contribution in [3.63, 3.8) is 0 Å². The third kappa shape index (κ3) is 4.07. The van der Waals surface area contributed by atoms with E-state index >= 15 is 0 Å². The molecule has 0 radical (unpaired) electrons. The van der Waals surface area contributed by atoms with E-state index in [0.717, 1.165) is 6.42 Å². The molecule has 1 heterocycles. The number of nitrogens with zero attached hydrogens (tertiary/aromatic N) is 3. The first kappa shape index (κ1) is 18.7. The molecule has 1 aliphatic rings. The van der Waals surface area contributed by atoms with Crippen LogP contribution in [0.4, 0.5) is 11.4 Å². The summed E-state index contributed by atoms with van der Waals surface area (Å²) in [6.07, 6.45) is 1.45. The van der Waals surface area contributed by atoms with E-state index in [0.29, 0.717) is 18.7 Å². The van der Waals surface area contributed by atoms with Gasteiger partial charge in [0.25, 0.3) is 11.6 Å². The summed E-state index contributed by atoms with van der Waals surface area (Å²) in [5.41, 5.74) is 0.456. The summed E-state index contributed by atoms with van der Waals surface area (Å²) in [5, 5.41) is 14.3. The Labute approximate surface area is 146 Å². The van der Waals surface area contributed by atoms with Crippen LogP contribution in [0.15, 0.2) is 18.2 Å². The first-order valence-corrected chi connectivity index (χ1v) is 8.29. The standard InChI is InChI=1S/C17H24N4O4/c1-11(2)18-16(22)12-7-8-13(15(10-12)21(24)25)20-9-5-6-14(20)17(23)19(3)4/h7-8,10-11,14H,5-6,9H2,1-4H3,(H,18,22). The Bertz CT molecular complexity index is 687. The van der Waals surface area contributed by atoms with E-state index in [1.54, 1.807) is 31.1 Å². The molecule has 0 aliphatic carbocycles. The molecule has 1 aliphatic heterocycles. The van der Waals surface area contributed by atoms with Gasteiger partial charge in [-0.15, -0.1) is 0 Å². The smallest absolute Gasteiger partial charge is 0.293 e. The average Bonchev–Trinajstić information content (AvgIpc) is 3.01. The Balaban J connectivity index is 2.39. The van der Waals surface area contributed by atoms with Crippen LogP contribution in [0.25, 0.3) is 0 Å². The van der Waals surface area contributed by atoms with Crippen LogP contribution in [0.5, 0.6) is 0 Å². The van der Waals surface area contributed by atoms with E-state index in [4.69, 9.17) is 0 Å². The highest BCUT2D eigenvalue weighted by molar-refractivity contribution is 5.96. The second-order valence-electron chi connectivity index (χ2n) is 6.67. The van der Waals surface area contributed by atoms with E-state index < -0.39 is 11.0 Å². The van der Waals surface area contributed by atoms with E-state index in [-0.39, 0.29) is 29.1 Å². The molecule has 1 unspecified atom stereocenters. The fourth-order valence-corrected chi connectivity index (χ4v) is 3.01. The first-order valence-electron chi connectivity index (χ1n) is 8.29. The van der Waals surface area contributed by atoms with Crippen LogP contribution < -0.4 is 10.2 Å². The van der Waals surface area contributed by atoms with Gasteiger partial charge in [0.2, 0.25) is 5.91 Å². The number of carbonyl (C=O) groups excluding carboxylic acids is 2.